The van der Waals surface area contributed by atoms with Crippen LogP contribution in [0.3, 0.4) is 0 Å². The average Bonchev–Trinajstić information content (AvgIpc) is 3.81. The first-order valence-corrected chi connectivity index (χ1v) is 18.2. The number of rotatable bonds is 15. The van der Waals surface area contributed by atoms with Crippen LogP contribution in [-0.2, 0) is 30.3 Å². The molecule has 6 atom stereocenters. The second-order valence-electron chi connectivity index (χ2n) is 13.9. The molecule has 2 aliphatic rings. The number of likely N-dealkylation sites (N-methyl/N-ethyl adjacent to an activating group) is 1. The molecule has 0 radical (unpaired) electrons. The number of carboxylic acid groups (broad SMARTS) is 1. The van der Waals surface area contributed by atoms with Crippen molar-refractivity contribution in [1.82, 2.24) is 40.7 Å². The van der Waals surface area contributed by atoms with Crippen LogP contribution in [0.4, 0.5) is 4.79 Å². The van der Waals surface area contributed by atoms with Gasteiger partial charge in [-0.05, 0) is 50.2 Å². The highest BCUT2D eigenvalue weighted by molar-refractivity contribution is 5.93. The zero-order valence-corrected chi connectivity index (χ0v) is 30.3. The molecule has 18 nitrogen and oxygen atoms in total. The quantitative estimate of drug-likeness (QED) is 0.103. The zero-order valence-electron chi connectivity index (χ0n) is 30.3. The van der Waals surface area contributed by atoms with E-state index < -0.39 is 77.5 Å². The number of fused-ring (bicyclic) bond motifs is 1. The number of hydrogen-bond acceptors (Lipinski definition) is 9. The van der Waals surface area contributed by atoms with Gasteiger partial charge in [-0.1, -0.05) is 37.5 Å². The van der Waals surface area contributed by atoms with Crippen LogP contribution in [0.1, 0.15) is 63.7 Å². The van der Waals surface area contributed by atoms with Crippen molar-refractivity contribution in [2.75, 3.05) is 20.1 Å². The van der Waals surface area contributed by atoms with Crippen LogP contribution in [0.25, 0.3) is 10.9 Å². The molecule has 0 bridgehead atoms. The molecule has 3 aromatic rings. The molecule has 3 heterocycles. The van der Waals surface area contributed by atoms with E-state index >= 15 is 0 Å². The Morgan fingerprint density at radius 3 is 2.44 bits per heavy atom. The summed E-state index contributed by atoms with van der Waals surface area (Å²) < 4.78 is 7.23. The van der Waals surface area contributed by atoms with E-state index in [9.17, 15) is 38.7 Å². The Kier molecular flexibility index (Phi) is 13.3. The second kappa shape index (κ2) is 18.0. The van der Waals surface area contributed by atoms with E-state index in [0.29, 0.717) is 31.2 Å². The lowest BCUT2D eigenvalue weighted by molar-refractivity contribution is -0.139. The van der Waals surface area contributed by atoms with Gasteiger partial charge in [0.1, 0.15) is 24.4 Å². The Morgan fingerprint density at radius 1 is 1.00 bits per heavy atom. The number of nitrogens with zero attached hydrogens (tertiary/aromatic N) is 2. The standard InChI is InChI=1S/C36H49N9O9/c1-20(44(2)28(47)17-37)30(32(48)39-19-23-12-13-29(54-23)45-15-14-27(46)41-36(45)53)42-33(49)31(21-8-4-3-5-9-21)43-35(52)40-26(34(50)51)16-22-18-38-25-11-7-6-10-24(22)25/h6-7,10-11,14-15,18,20-21,23,26,29-31,38H,3-5,8-9,12-13,16-17,19,37H2,1-2H3,(H,39,48)(H,42,49)(H,50,51)(H2,40,43,52)(H,41,46,53)/t20-,23?,26-,29+,30-,31-/m0/s1. The number of aromatic amines is 2. The molecule has 5 rings (SSSR count). The van der Waals surface area contributed by atoms with Gasteiger partial charge >= 0.3 is 17.7 Å². The Morgan fingerprint density at radius 2 is 1.74 bits per heavy atom. The molecule has 2 fully saturated rings. The summed E-state index contributed by atoms with van der Waals surface area (Å²) in [5, 5.41) is 21.6. The number of urea groups is 1. The number of amides is 5. The molecule has 1 aliphatic heterocycles. The third kappa shape index (κ3) is 9.73. The maximum absolute atomic E-state index is 14.1. The number of H-pyrrole nitrogens is 2. The fourth-order valence-electron chi connectivity index (χ4n) is 7.19. The van der Waals surface area contributed by atoms with Crippen molar-refractivity contribution in [1.29, 1.82) is 0 Å². The fraction of sp³-hybridized carbons (Fsp3) is 0.528. The molecule has 54 heavy (non-hydrogen) atoms. The Hall–Kier alpha value is -5.49. The van der Waals surface area contributed by atoms with Crippen LogP contribution in [0.15, 0.2) is 52.3 Å². The maximum Gasteiger partial charge on any atom is 0.330 e. The number of aliphatic carboxylic acids is 1. The summed E-state index contributed by atoms with van der Waals surface area (Å²) in [6, 6.07) is 3.15. The van der Waals surface area contributed by atoms with Crippen LogP contribution in [0.5, 0.6) is 0 Å². The lowest BCUT2D eigenvalue weighted by Gasteiger charge is -2.35. The van der Waals surface area contributed by atoms with Crippen LogP contribution >= 0.6 is 0 Å². The van der Waals surface area contributed by atoms with Crippen molar-refractivity contribution in [2.45, 2.75) is 94.8 Å². The van der Waals surface area contributed by atoms with Gasteiger partial charge in [0.2, 0.25) is 17.7 Å². The summed E-state index contributed by atoms with van der Waals surface area (Å²) in [5.74, 6) is -3.33. The van der Waals surface area contributed by atoms with Crippen molar-refractivity contribution in [3.05, 3.63) is 69.1 Å². The van der Waals surface area contributed by atoms with Crippen LogP contribution in [-0.4, -0.2) is 105 Å². The monoisotopic (exact) mass is 751 g/mol. The van der Waals surface area contributed by atoms with Gasteiger partial charge in [-0.15, -0.1) is 0 Å². The molecular formula is C36H49N9O9. The average molecular weight is 752 g/mol. The van der Waals surface area contributed by atoms with Gasteiger partial charge in [0.05, 0.1) is 18.7 Å². The first-order valence-electron chi connectivity index (χ1n) is 18.2. The minimum atomic E-state index is -1.31. The summed E-state index contributed by atoms with van der Waals surface area (Å²) in [6.07, 6.45) is 6.62. The van der Waals surface area contributed by atoms with Gasteiger partial charge in [0, 0.05) is 49.4 Å². The molecule has 1 saturated heterocycles. The SMILES string of the molecule is C[C@@H]([C@H](NC(=O)[C@@H](NC(=O)N[C@@H](Cc1c[nH]c2ccccc12)C(=O)O)C1CCCCC1)C(=O)NCC1CC[C@H](n2ccc(=O)[nH]c2=O)O1)N(C)C(=O)CN. The topological polar surface area (TPSA) is 263 Å². The Labute approximate surface area is 310 Å². The van der Waals surface area contributed by atoms with Crippen molar-refractivity contribution in [2.24, 2.45) is 11.7 Å². The predicted octanol–water partition coefficient (Wildman–Crippen LogP) is 0.0461. The second-order valence-corrected chi connectivity index (χ2v) is 13.9. The Balaban J connectivity index is 1.29. The molecule has 1 aromatic carbocycles. The van der Waals surface area contributed by atoms with Crippen molar-refractivity contribution >= 4 is 40.6 Å². The van der Waals surface area contributed by atoms with E-state index in [-0.39, 0.29) is 25.4 Å². The third-order valence-corrected chi connectivity index (χ3v) is 10.4. The van der Waals surface area contributed by atoms with Gasteiger partial charge in [0.15, 0.2) is 0 Å². The van der Waals surface area contributed by atoms with Crippen LogP contribution < -0.4 is 38.2 Å². The largest absolute Gasteiger partial charge is 0.480 e. The Bertz CT molecular complexity index is 1940. The van der Waals surface area contributed by atoms with Crippen molar-refractivity contribution < 1.29 is 33.8 Å². The van der Waals surface area contributed by atoms with Gasteiger partial charge in [-0.25, -0.2) is 14.4 Å². The van der Waals surface area contributed by atoms with Crippen LogP contribution in [0.2, 0.25) is 0 Å². The number of nitrogens with one attached hydrogen (secondary N) is 6. The van der Waals surface area contributed by atoms with Crippen molar-refractivity contribution in [3.63, 3.8) is 0 Å². The smallest absolute Gasteiger partial charge is 0.330 e. The van der Waals surface area contributed by atoms with E-state index in [1.54, 1.807) is 13.1 Å². The molecule has 1 aliphatic carbocycles. The lowest BCUT2D eigenvalue weighted by Crippen LogP contribution is -2.63. The first kappa shape index (κ1) is 39.7. The molecule has 18 heteroatoms. The highest BCUT2D eigenvalue weighted by Crippen LogP contribution is 2.28. The molecular weight excluding hydrogens is 702 g/mol. The fourth-order valence-corrected chi connectivity index (χ4v) is 7.19. The van der Waals surface area contributed by atoms with Crippen LogP contribution in [0, 0.1) is 5.92 Å². The summed E-state index contributed by atoms with van der Waals surface area (Å²) in [6.45, 7) is 1.27. The molecule has 9 N–H and O–H groups in total. The summed E-state index contributed by atoms with van der Waals surface area (Å²) >= 11 is 0. The number of hydrogen-bond donors (Lipinski definition) is 8. The number of aromatic nitrogens is 3. The van der Waals surface area contributed by atoms with E-state index in [4.69, 9.17) is 10.5 Å². The van der Waals surface area contributed by atoms with Gasteiger partial charge in [0.25, 0.3) is 5.56 Å². The molecule has 5 amide bonds. The van der Waals surface area contributed by atoms with Crippen molar-refractivity contribution in [3.8, 4) is 0 Å². The first-order chi connectivity index (χ1) is 25.9. The van der Waals surface area contributed by atoms with E-state index in [1.807, 2.05) is 24.3 Å². The highest BCUT2D eigenvalue weighted by Gasteiger charge is 2.38. The zero-order chi connectivity index (χ0) is 38.9. The minimum absolute atomic E-state index is 0.0125. The third-order valence-electron chi connectivity index (χ3n) is 10.4. The number of benzene rings is 1. The number of para-hydroxylation sites is 1. The van der Waals surface area contributed by atoms with Gasteiger partial charge < -0.3 is 46.7 Å². The molecule has 1 unspecified atom stereocenters. The molecule has 0 spiro atoms. The summed E-state index contributed by atoms with van der Waals surface area (Å²) in [5.41, 5.74) is 5.97. The minimum Gasteiger partial charge on any atom is -0.480 e. The number of carbonyl (C=O) groups is 5. The highest BCUT2D eigenvalue weighted by atomic mass is 16.5. The summed E-state index contributed by atoms with van der Waals surface area (Å²) in [7, 11) is 1.46. The maximum atomic E-state index is 14.1. The van der Waals surface area contributed by atoms with E-state index in [1.165, 1.54) is 28.8 Å². The number of ether oxygens (including phenoxy) is 1. The number of carbonyl (C=O) groups excluding carboxylic acids is 4. The predicted molar refractivity (Wildman–Crippen MR) is 196 cm³/mol. The van der Waals surface area contributed by atoms with Gasteiger partial charge in [-0.3, -0.25) is 28.7 Å². The normalized spacial score (nSPS) is 19.6. The van der Waals surface area contributed by atoms with E-state index in [2.05, 4.69) is 31.2 Å². The lowest BCUT2D eigenvalue weighted by atomic mass is 9.83. The molecule has 2 aromatic heterocycles. The number of nitrogens with two attached hydrogens (primary N) is 1. The number of carboxylic acids is 1. The molecule has 1 saturated carbocycles. The summed E-state index contributed by atoms with van der Waals surface area (Å²) in [4.78, 5) is 96.5. The van der Waals surface area contributed by atoms with Gasteiger partial charge in [-0.2, -0.15) is 0 Å². The van der Waals surface area contributed by atoms with E-state index in [0.717, 1.165) is 30.2 Å². The molecule has 292 valence electrons.